The highest BCUT2D eigenvalue weighted by Crippen LogP contribution is 2.14. The Morgan fingerprint density at radius 2 is 2.08 bits per heavy atom. The molecule has 0 spiro atoms. The maximum absolute atomic E-state index is 5.96. The van der Waals surface area contributed by atoms with E-state index in [1.54, 1.807) is 0 Å². The average molecular weight is 447 g/mol. The molecule has 1 fully saturated rings. The van der Waals surface area contributed by atoms with Crippen molar-refractivity contribution in [2.24, 2.45) is 10.7 Å². The van der Waals surface area contributed by atoms with E-state index >= 15 is 0 Å². The van der Waals surface area contributed by atoms with E-state index in [1.165, 1.54) is 5.56 Å². The molecule has 0 amide bonds. The summed E-state index contributed by atoms with van der Waals surface area (Å²) in [6, 6.07) is 8.35. The number of benzene rings is 1. The van der Waals surface area contributed by atoms with Crippen molar-refractivity contribution in [3.63, 3.8) is 0 Å². The molecule has 0 unspecified atom stereocenters. The first-order valence-corrected chi connectivity index (χ1v) is 8.59. The second-order valence-electron chi connectivity index (χ2n) is 5.92. The van der Waals surface area contributed by atoms with Gasteiger partial charge >= 0.3 is 0 Å². The lowest BCUT2D eigenvalue weighted by Gasteiger charge is -2.22. The molecule has 1 aliphatic rings. The van der Waals surface area contributed by atoms with Gasteiger partial charge in [-0.25, -0.2) is 4.99 Å². The van der Waals surface area contributed by atoms with Gasteiger partial charge in [0.15, 0.2) is 5.96 Å². The van der Waals surface area contributed by atoms with Crippen LogP contribution in [0, 0.1) is 0 Å². The van der Waals surface area contributed by atoms with Crippen LogP contribution in [0.3, 0.4) is 0 Å². The number of halogens is 1. The predicted octanol–water partition coefficient (Wildman–Crippen LogP) is 3.20. The third-order valence-corrected chi connectivity index (χ3v) is 3.91. The summed E-state index contributed by atoms with van der Waals surface area (Å²) < 4.78 is 11.3. The molecule has 136 valence electrons. The van der Waals surface area contributed by atoms with Gasteiger partial charge in [-0.1, -0.05) is 37.6 Å². The van der Waals surface area contributed by atoms with Gasteiger partial charge in [0.25, 0.3) is 0 Å². The molecule has 1 heterocycles. The zero-order chi connectivity index (χ0) is 16.3. The molecule has 0 aromatic heterocycles. The molecule has 1 aromatic rings. The van der Waals surface area contributed by atoms with Gasteiger partial charge in [0.05, 0.1) is 19.3 Å². The van der Waals surface area contributed by atoms with Crippen LogP contribution < -0.4 is 11.1 Å². The summed E-state index contributed by atoms with van der Waals surface area (Å²) in [5.74, 6) is 0.516. The van der Waals surface area contributed by atoms with Crippen molar-refractivity contribution in [3.8, 4) is 0 Å². The molecule has 0 saturated carbocycles. The van der Waals surface area contributed by atoms with Gasteiger partial charge in [0.1, 0.15) is 0 Å². The molecule has 24 heavy (non-hydrogen) atoms. The van der Waals surface area contributed by atoms with Crippen molar-refractivity contribution in [1.29, 1.82) is 0 Å². The first-order valence-electron chi connectivity index (χ1n) is 8.59. The third kappa shape index (κ3) is 8.30. The Labute approximate surface area is 162 Å². The molecule has 5 nitrogen and oxygen atoms in total. The maximum atomic E-state index is 5.96. The Hall–Kier alpha value is -0.860. The first kappa shape index (κ1) is 21.2. The fourth-order valence-corrected chi connectivity index (χ4v) is 2.50. The number of hydrogen-bond acceptors (Lipinski definition) is 3. The number of aliphatic imine (C=N–C) groups is 1. The van der Waals surface area contributed by atoms with E-state index in [0.29, 0.717) is 25.2 Å². The SMILES string of the molecule is CCCCNC(N)=NCc1cccc(COC2CCOCC2)c1.I. The van der Waals surface area contributed by atoms with Gasteiger partial charge in [-0.3, -0.25) is 0 Å². The number of hydrogen-bond donors (Lipinski definition) is 2. The lowest BCUT2D eigenvalue weighted by molar-refractivity contribution is -0.0390. The lowest BCUT2D eigenvalue weighted by atomic mass is 10.1. The minimum atomic E-state index is 0. The summed E-state index contributed by atoms with van der Waals surface area (Å²) in [6.45, 7) is 5.89. The minimum absolute atomic E-state index is 0. The second kappa shape index (κ2) is 12.5. The molecule has 1 aliphatic heterocycles. The molecular weight excluding hydrogens is 417 g/mol. The molecule has 0 atom stereocenters. The van der Waals surface area contributed by atoms with Crippen molar-refractivity contribution < 1.29 is 9.47 Å². The van der Waals surface area contributed by atoms with Crippen molar-refractivity contribution >= 4 is 29.9 Å². The quantitative estimate of drug-likeness (QED) is 0.278. The van der Waals surface area contributed by atoms with Crippen LogP contribution in [0.2, 0.25) is 0 Å². The summed E-state index contributed by atoms with van der Waals surface area (Å²) >= 11 is 0. The van der Waals surface area contributed by atoms with Crippen LogP contribution in [0.15, 0.2) is 29.3 Å². The van der Waals surface area contributed by atoms with Crippen LogP contribution in [0.25, 0.3) is 0 Å². The second-order valence-corrected chi connectivity index (χ2v) is 5.92. The van der Waals surface area contributed by atoms with Gasteiger partial charge in [0.2, 0.25) is 0 Å². The number of unbranched alkanes of at least 4 members (excludes halogenated alkanes) is 1. The molecule has 0 bridgehead atoms. The number of guanidine groups is 1. The Kier molecular flexibility index (Phi) is 11.0. The topological polar surface area (TPSA) is 68.9 Å². The summed E-state index contributed by atoms with van der Waals surface area (Å²) in [5.41, 5.74) is 8.19. The average Bonchev–Trinajstić information content (AvgIpc) is 2.60. The fourth-order valence-electron chi connectivity index (χ4n) is 2.50. The van der Waals surface area contributed by atoms with Gasteiger partial charge < -0.3 is 20.5 Å². The predicted molar refractivity (Wildman–Crippen MR) is 109 cm³/mol. The highest BCUT2D eigenvalue weighted by atomic mass is 127. The first-order chi connectivity index (χ1) is 11.3. The van der Waals surface area contributed by atoms with E-state index < -0.39 is 0 Å². The maximum Gasteiger partial charge on any atom is 0.188 e. The molecule has 0 aliphatic carbocycles. The summed E-state index contributed by atoms with van der Waals surface area (Å²) in [4.78, 5) is 4.38. The van der Waals surface area contributed by atoms with E-state index in [1.807, 2.05) is 6.07 Å². The van der Waals surface area contributed by atoms with Gasteiger partial charge in [-0.05, 0) is 30.4 Å². The van der Waals surface area contributed by atoms with Crippen molar-refractivity contribution in [3.05, 3.63) is 35.4 Å². The number of nitrogens with two attached hydrogens (primary N) is 1. The molecule has 1 aromatic carbocycles. The number of nitrogens with one attached hydrogen (secondary N) is 1. The van der Waals surface area contributed by atoms with E-state index in [4.69, 9.17) is 15.2 Å². The lowest BCUT2D eigenvalue weighted by Crippen LogP contribution is -2.32. The highest BCUT2D eigenvalue weighted by Gasteiger charge is 2.13. The summed E-state index contributed by atoms with van der Waals surface area (Å²) in [6.07, 6.45) is 4.56. The smallest absolute Gasteiger partial charge is 0.188 e. The minimum Gasteiger partial charge on any atom is -0.381 e. The van der Waals surface area contributed by atoms with E-state index in [2.05, 4.69) is 35.4 Å². The summed E-state index contributed by atoms with van der Waals surface area (Å²) in [7, 11) is 0. The zero-order valence-electron chi connectivity index (χ0n) is 14.5. The van der Waals surface area contributed by atoms with Gasteiger partial charge in [-0.2, -0.15) is 0 Å². The van der Waals surface area contributed by atoms with Crippen LogP contribution >= 0.6 is 24.0 Å². The van der Waals surface area contributed by atoms with E-state index in [0.717, 1.165) is 51.0 Å². The zero-order valence-corrected chi connectivity index (χ0v) is 16.8. The molecule has 1 saturated heterocycles. The van der Waals surface area contributed by atoms with Gasteiger partial charge in [0, 0.05) is 19.8 Å². The number of nitrogens with zero attached hydrogens (tertiary/aromatic N) is 1. The molecule has 6 heteroatoms. The largest absolute Gasteiger partial charge is 0.381 e. The van der Waals surface area contributed by atoms with E-state index in [-0.39, 0.29) is 24.0 Å². The standard InChI is InChI=1S/C18H29N3O2.HI/c1-2-3-9-20-18(19)21-13-15-5-4-6-16(12-15)14-23-17-7-10-22-11-8-17;/h4-6,12,17H,2-3,7-11,13-14H2,1H3,(H3,19,20,21);1H. The van der Waals surface area contributed by atoms with Crippen molar-refractivity contribution in [2.75, 3.05) is 19.8 Å². The number of ether oxygens (including phenoxy) is 2. The Bertz CT molecular complexity index is 491. The monoisotopic (exact) mass is 447 g/mol. The summed E-state index contributed by atoms with van der Waals surface area (Å²) in [5, 5.41) is 3.13. The van der Waals surface area contributed by atoms with Crippen LogP contribution in [-0.4, -0.2) is 31.8 Å². The third-order valence-electron chi connectivity index (χ3n) is 3.91. The molecular formula is C18H30IN3O2. The Morgan fingerprint density at radius 3 is 2.83 bits per heavy atom. The fraction of sp³-hybridized carbons (Fsp3) is 0.611. The van der Waals surface area contributed by atoms with Gasteiger partial charge in [-0.15, -0.1) is 24.0 Å². The normalized spacial score (nSPS) is 15.8. The van der Waals surface area contributed by atoms with Crippen LogP contribution in [0.4, 0.5) is 0 Å². The van der Waals surface area contributed by atoms with Crippen molar-refractivity contribution in [2.45, 2.75) is 51.9 Å². The van der Waals surface area contributed by atoms with Crippen molar-refractivity contribution in [1.82, 2.24) is 5.32 Å². The van der Waals surface area contributed by atoms with Crippen LogP contribution in [0.5, 0.6) is 0 Å². The van der Waals surface area contributed by atoms with E-state index in [9.17, 15) is 0 Å². The van der Waals surface area contributed by atoms with Crippen LogP contribution in [-0.2, 0) is 22.6 Å². The highest BCUT2D eigenvalue weighted by molar-refractivity contribution is 14.0. The van der Waals surface area contributed by atoms with Crippen LogP contribution in [0.1, 0.15) is 43.7 Å². The molecule has 2 rings (SSSR count). The Balaban J connectivity index is 0.00000288. The molecule has 0 radical (unpaired) electrons. The Morgan fingerprint density at radius 1 is 1.33 bits per heavy atom. The molecule has 3 N–H and O–H groups in total. The number of rotatable bonds is 8.